The third-order valence-electron chi connectivity index (χ3n) is 2.47. The maximum absolute atomic E-state index is 11.3. The summed E-state index contributed by atoms with van der Waals surface area (Å²) in [4.78, 5) is 11.0. The van der Waals surface area contributed by atoms with Crippen LogP contribution in [0.15, 0.2) is 30.3 Å². The second-order valence-electron chi connectivity index (χ2n) is 3.98. The Morgan fingerprint density at radius 2 is 2.06 bits per heavy atom. The smallest absolute Gasteiger partial charge is 0.407 e. The van der Waals surface area contributed by atoms with E-state index in [0.29, 0.717) is 5.56 Å². The Morgan fingerprint density at radius 3 is 2.56 bits per heavy atom. The fourth-order valence-electron chi connectivity index (χ4n) is 1.75. The highest BCUT2D eigenvalue weighted by Gasteiger charge is 2.34. The minimum atomic E-state index is -3.63. The predicted molar refractivity (Wildman–Crippen MR) is 63.4 cm³/mol. The average molecular weight is 271 g/mol. The molecule has 98 valence electrons. The van der Waals surface area contributed by atoms with Crippen LogP contribution in [0.5, 0.6) is 0 Å². The number of rotatable bonds is 4. The summed E-state index contributed by atoms with van der Waals surface area (Å²) in [7, 11) is -3.63. The third kappa shape index (κ3) is 3.21. The van der Waals surface area contributed by atoms with Gasteiger partial charge >= 0.3 is 6.09 Å². The van der Waals surface area contributed by atoms with Crippen molar-refractivity contribution in [1.82, 2.24) is 5.32 Å². The van der Waals surface area contributed by atoms with Crippen LogP contribution in [-0.4, -0.2) is 33.4 Å². The SMILES string of the molecule is CS(=O)(=O)O[C@H](c1ccccc1)[C@@H]1COC(=O)N1. The first-order valence-corrected chi connectivity index (χ1v) is 7.14. The van der Waals surface area contributed by atoms with E-state index in [4.69, 9.17) is 8.92 Å². The highest BCUT2D eigenvalue weighted by atomic mass is 32.2. The number of carbonyl (C=O) groups excluding carboxylic acids is 1. The van der Waals surface area contributed by atoms with E-state index in [0.717, 1.165) is 6.26 Å². The number of ether oxygens (including phenoxy) is 1. The van der Waals surface area contributed by atoms with E-state index in [1.54, 1.807) is 24.3 Å². The zero-order valence-corrected chi connectivity index (χ0v) is 10.5. The van der Waals surface area contributed by atoms with Crippen LogP contribution >= 0.6 is 0 Å². The number of carbonyl (C=O) groups is 1. The lowest BCUT2D eigenvalue weighted by Gasteiger charge is -2.21. The van der Waals surface area contributed by atoms with Crippen LogP contribution in [0, 0.1) is 0 Å². The molecule has 1 aromatic carbocycles. The van der Waals surface area contributed by atoms with Crippen LogP contribution in [0.25, 0.3) is 0 Å². The normalized spacial score (nSPS) is 21.2. The molecule has 0 bridgehead atoms. The molecule has 2 atom stereocenters. The lowest BCUT2D eigenvalue weighted by atomic mass is 10.0. The lowest BCUT2D eigenvalue weighted by Crippen LogP contribution is -2.35. The van der Waals surface area contributed by atoms with Gasteiger partial charge in [0.1, 0.15) is 12.7 Å². The zero-order chi connectivity index (χ0) is 13.2. The Kier molecular flexibility index (Phi) is 3.53. The van der Waals surface area contributed by atoms with E-state index in [9.17, 15) is 13.2 Å². The van der Waals surface area contributed by atoms with Crippen LogP contribution in [0.1, 0.15) is 11.7 Å². The van der Waals surface area contributed by atoms with Crippen molar-refractivity contribution in [2.75, 3.05) is 12.9 Å². The van der Waals surface area contributed by atoms with Gasteiger partial charge in [-0.2, -0.15) is 8.42 Å². The number of alkyl carbamates (subject to hydrolysis) is 1. The molecule has 1 aliphatic rings. The second-order valence-corrected chi connectivity index (χ2v) is 5.58. The molecule has 1 N–H and O–H groups in total. The quantitative estimate of drug-likeness (QED) is 0.820. The number of nitrogens with one attached hydrogen (secondary N) is 1. The van der Waals surface area contributed by atoms with Gasteiger partial charge in [0.25, 0.3) is 10.1 Å². The van der Waals surface area contributed by atoms with Gasteiger partial charge in [0.2, 0.25) is 0 Å². The van der Waals surface area contributed by atoms with Gasteiger partial charge in [-0.05, 0) is 5.56 Å². The lowest BCUT2D eigenvalue weighted by molar-refractivity contribution is 0.152. The molecule has 1 saturated heterocycles. The second kappa shape index (κ2) is 4.95. The first kappa shape index (κ1) is 12.8. The molecule has 1 aliphatic heterocycles. The molecule has 1 amide bonds. The summed E-state index contributed by atoms with van der Waals surface area (Å²) in [5.74, 6) is 0. The molecule has 0 unspecified atom stereocenters. The van der Waals surface area contributed by atoms with E-state index in [1.165, 1.54) is 0 Å². The maximum Gasteiger partial charge on any atom is 0.407 e. The number of hydrogen-bond donors (Lipinski definition) is 1. The maximum atomic E-state index is 11.3. The topological polar surface area (TPSA) is 81.7 Å². The van der Waals surface area contributed by atoms with Crippen LogP contribution in [0.4, 0.5) is 4.79 Å². The molecule has 0 radical (unpaired) electrons. The van der Waals surface area contributed by atoms with Gasteiger partial charge in [-0.1, -0.05) is 30.3 Å². The van der Waals surface area contributed by atoms with Crippen molar-refractivity contribution in [3.63, 3.8) is 0 Å². The molecular formula is C11H13NO5S. The van der Waals surface area contributed by atoms with Crippen molar-refractivity contribution in [1.29, 1.82) is 0 Å². The molecular weight excluding hydrogens is 258 g/mol. The third-order valence-corrected chi connectivity index (χ3v) is 3.03. The molecule has 0 aromatic heterocycles. The van der Waals surface area contributed by atoms with E-state index in [-0.39, 0.29) is 6.61 Å². The predicted octanol–water partition coefficient (Wildman–Crippen LogP) is 0.812. The molecule has 7 heteroatoms. The van der Waals surface area contributed by atoms with Gasteiger partial charge in [-0.3, -0.25) is 4.18 Å². The van der Waals surface area contributed by atoms with Crippen LogP contribution in [0.3, 0.4) is 0 Å². The summed E-state index contributed by atoms with van der Waals surface area (Å²) in [6.45, 7) is 0.0773. The fraction of sp³-hybridized carbons (Fsp3) is 0.364. The highest BCUT2D eigenvalue weighted by molar-refractivity contribution is 7.86. The Morgan fingerprint density at radius 1 is 1.39 bits per heavy atom. The Bertz CT molecular complexity index is 528. The molecule has 1 heterocycles. The number of cyclic esters (lactones) is 1. The molecule has 0 aliphatic carbocycles. The first-order valence-electron chi connectivity index (χ1n) is 5.32. The van der Waals surface area contributed by atoms with Gasteiger partial charge < -0.3 is 10.1 Å². The molecule has 0 saturated carbocycles. The molecule has 1 aromatic rings. The van der Waals surface area contributed by atoms with Crippen molar-refractivity contribution in [2.45, 2.75) is 12.1 Å². The van der Waals surface area contributed by atoms with Crippen molar-refractivity contribution < 1.29 is 22.1 Å². The molecule has 6 nitrogen and oxygen atoms in total. The van der Waals surface area contributed by atoms with Gasteiger partial charge in [0.15, 0.2) is 0 Å². The Hall–Kier alpha value is -1.60. The highest BCUT2D eigenvalue weighted by Crippen LogP contribution is 2.25. The Labute approximate surface area is 105 Å². The van der Waals surface area contributed by atoms with Gasteiger partial charge in [0.05, 0.1) is 12.3 Å². The van der Waals surface area contributed by atoms with Crippen molar-refractivity contribution in [3.05, 3.63) is 35.9 Å². The summed E-state index contributed by atoms with van der Waals surface area (Å²) < 4.78 is 32.3. The van der Waals surface area contributed by atoms with E-state index >= 15 is 0 Å². The summed E-state index contributed by atoms with van der Waals surface area (Å²) in [6.07, 6.45) is -0.383. The van der Waals surface area contributed by atoms with Crippen molar-refractivity contribution >= 4 is 16.2 Å². The zero-order valence-electron chi connectivity index (χ0n) is 9.70. The molecule has 18 heavy (non-hydrogen) atoms. The number of hydrogen-bond acceptors (Lipinski definition) is 5. The first-order chi connectivity index (χ1) is 8.46. The van der Waals surface area contributed by atoms with E-state index in [1.807, 2.05) is 6.07 Å². The van der Waals surface area contributed by atoms with Gasteiger partial charge in [-0.15, -0.1) is 0 Å². The molecule has 1 fully saturated rings. The minimum Gasteiger partial charge on any atom is -0.447 e. The van der Waals surface area contributed by atoms with E-state index < -0.39 is 28.4 Å². The number of amides is 1. The summed E-state index contributed by atoms with van der Waals surface area (Å²) >= 11 is 0. The fourth-order valence-corrected chi connectivity index (χ4v) is 2.37. The standard InChI is InChI=1S/C11H13NO5S/c1-18(14,15)17-10(8-5-3-2-4-6-8)9-7-16-11(13)12-9/h2-6,9-10H,7H2,1H3,(H,12,13)/t9-,10+/m0/s1. The average Bonchev–Trinajstić information content (AvgIpc) is 2.73. The van der Waals surface area contributed by atoms with Crippen molar-refractivity contribution in [3.8, 4) is 0 Å². The molecule has 0 spiro atoms. The number of benzene rings is 1. The summed E-state index contributed by atoms with van der Waals surface area (Å²) in [6, 6.07) is 8.30. The summed E-state index contributed by atoms with van der Waals surface area (Å²) in [5, 5.41) is 2.52. The molecule has 2 rings (SSSR count). The van der Waals surface area contributed by atoms with Crippen LogP contribution in [0.2, 0.25) is 0 Å². The van der Waals surface area contributed by atoms with E-state index in [2.05, 4.69) is 5.32 Å². The summed E-state index contributed by atoms with van der Waals surface area (Å²) in [5.41, 5.74) is 0.665. The van der Waals surface area contributed by atoms with Crippen LogP contribution in [-0.2, 0) is 19.0 Å². The van der Waals surface area contributed by atoms with Crippen molar-refractivity contribution in [2.24, 2.45) is 0 Å². The van der Waals surface area contributed by atoms with Crippen LogP contribution < -0.4 is 5.32 Å². The minimum absolute atomic E-state index is 0.0773. The Balaban J connectivity index is 2.26. The largest absolute Gasteiger partial charge is 0.447 e. The monoisotopic (exact) mass is 271 g/mol. The van der Waals surface area contributed by atoms with Gasteiger partial charge in [-0.25, -0.2) is 4.79 Å². The van der Waals surface area contributed by atoms with Gasteiger partial charge in [0, 0.05) is 0 Å².